The summed E-state index contributed by atoms with van der Waals surface area (Å²) >= 11 is 1.69. The first-order chi connectivity index (χ1) is 13.1. The number of benzene rings is 1. The topological polar surface area (TPSA) is 46.6 Å². The molecular formula is C20H26FN3O2S. The first-order valence-electron chi connectivity index (χ1n) is 9.45. The largest absolute Gasteiger partial charge is 0.385 e. The summed E-state index contributed by atoms with van der Waals surface area (Å²) in [7, 11) is 0. The zero-order valence-electron chi connectivity index (χ0n) is 15.6. The van der Waals surface area contributed by atoms with Crippen molar-refractivity contribution in [3.8, 4) is 0 Å². The van der Waals surface area contributed by atoms with Crippen LogP contribution in [-0.2, 0) is 16.0 Å². The first-order valence-corrected chi connectivity index (χ1v) is 10.3. The van der Waals surface area contributed by atoms with Crippen LogP contribution in [0.25, 0.3) is 0 Å². The second-order valence-corrected chi connectivity index (χ2v) is 8.64. The lowest BCUT2D eigenvalue weighted by molar-refractivity contribution is -0.0563. The van der Waals surface area contributed by atoms with Gasteiger partial charge in [0.2, 0.25) is 0 Å². The van der Waals surface area contributed by atoms with Gasteiger partial charge in [0.05, 0.1) is 30.5 Å². The molecule has 7 heteroatoms. The third-order valence-corrected chi connectivity index (χ3v) is 6.01. The minimum absolute atomic E-state index is 0.218. The Morgan fingerprint density at radius 1 is 1.44 bits per heavy atom. The molecule has 2 aliphatic rings. The molecular weight excluding hydrogens is 365 g/mol. The van der Waals surface area contributed by atoms with Crippen LogP contribution >= 0.6 is 11.3 Å². The standard InChI is InChI=1S/C20H26FN3O2S/c1-15-23-19(12-27-15)10-24-5-6-25-14-20(13-24)8-16(11-26-20)9-22-18-4-2-3-17(21)7-18/h2-4,7,12,16,22H,5-6,8-11,13-14H2,1H3/t16-,20-/m1/s1. The molecule has 0 saturated carbocycles. The van der Waals surface area contributed by atoms with E-state index in [1.54, 1.807) is 17.4 Å². The fourth-order valence-corrected chi connectivity index (χ4v) is 4.57. The molecule has 0 unspecified atom stereocenters. The summed E-state index contributed by atoms with van der Waals surface area (Å²) in [5.41, 5.74) is 1.68. The maximum absolute atomic E-state index is 13.3. The zero-order chi connectivity index (χ0) is 18.7. The number of aryl methyl sites for hydroxylation is 1. The van der Waals surface area contributed by atoms with E-state index in [1.807, 2.05) is 13.0 Å². The van der Waals surface area contributed by atoms with Crippen molar-refractivity contribution in [3.63, 3.8) is 0 Å². The minimum atomic E-state index is -0.254. The van der Waals surface area contributed by atoms with E-state index < -0.39 is 0 Å². The molecule has 27 heavy (non-hydrogen) atoms. The number of thiazole rings is 1. The fourth-order valence-electron chi connectivity index (χ4n) is 3.97. The van der Waals surface area contributed by atoms with Crippen LogP contribution in [0.1, 0.15) is 17.1 Å². The minimum Gasteiger partial charge on any atom is -0.385 e. The Balaban J connectivity index is 1.34. The van der Waals surface area contributed by atoms with Crippen LogP contribution in [0, 0.1) is 18.7 Å². The van der Waals surface area contributed by atoms with Gasteiger partial charge in [0.15, 0.2) is 0 Å². The molecule has 3 heterocycles. The van der Waals surface area contributed by atoms with E-state index in [0.717, 1.165) is 55.6 Å². The van der Waals surface area contributed by atoms with Gasteiger partial charge >= 0.3 is 0 Å². The number of rotatable bonds is 5. The molecule has 1 aromatic carbocycles. The van der Waals surface area contributed by atoms with Gasteiger partial charge in [0.25, 0.3) is 0 Å². The van der Waals surface area contributed by atoms with Gasteiger partial charge in [0, 0.05) is 43.2 Å². The maximum atomic E-state index is 13.3. The smallest absolute Gasteiger partial charge is 0.125 e. The van der Waals surface area contributed by atoms with Gasteiger partial charge in [-0.05, 0) is 31.5 Å². The number of hydrogen-bond donors (Lipinski definition) is 1. The van der Waals surface area contributed by atoms with Gasteiger partial charge < -0.3 is 14.8 Å². The second-order valence-electron chi connectivity index (χ2n) is 7.58. The Bertz CT molecular complexity index is 771. The average Bonchev–Trinajstić information content (AvgIpc) is 3.17. The maximum Gasteiger partial charge on any atom is 0.125 e. The highest BCUT2D eigenvalue weighted by atomic mass is 32.1. The van der Waals surface area contributed by atoms with Crippen LogP contribution in [0.5, 0.6) is 0 Å². The zero-order valence-corrected chi connectivity index (χ0v) is 16.4. The molecule has 4 rings (SSSR count). The van der Waals surface area contributed by atoms with Gasteiger partial charge in [-0.15, -0.1) is 11.3 Å². The molecule has 0 radical (unpaired) electrons. The van der Waals surface area contributed by atoms with Gasteiger partial charge in [-0.1, -0.05) is 6.07 Å². The Labute approximate surface area is 163 Å². The highest BCUT2D eigenvalue weighted by Crippen LogP contribution is 2.33. The van der Waals surface area contributed by atoms with Crippen LogP contribution in [0.4, 0.5) is 10.1 Å². The van der Waals surface area contributed by atoms with Crippen molar-refractivity contribution in [2.24, 2.45) is 5.92 Å². The van der Waals surface area contributed by atoms with Crippen LogP contribution in [-0.4, -0.2) is 54.9 Å². The second kappa shape index (κ2) is 8.22. The lowest BCUT2D eigenvalue weighted by atomic mass is 9.94. The van der Waals surface area contributed by atoms with E-state index in [2.05, 4.69) is 20.6 Å². The number of nitrogens with zero attached hydrogens (tertiary/aromatic N) is 2. The summed E-state index contributed by atoms with van der Waals surface area (Å²) in [5, 5.41) is 6.57. The van der Waals surface area contributed by atoms with Gasteiger partial charge in [-0.25, -0.2) is 9.37 Å². The van der Waals surface area contributed by atoms with E-state index >= 15 is 0 Å². The third kappa shape index (κ3) is 4.85. The van der Waals surface area contributed by atoms with Crippen LogP contribution in [0.2, 0.25) is 0 Å². The quantitative estimate of drug-likeness (QED) is 0.847. The van der Waals surface area contributed by atoms with Crippen molar-refractivity contribution in [3.05, 3.63) is 46.2 Å². The number of hydrogen-bond acceptors (Lipinski definition) is 6. The molecule has 0 bridgehead atoms. The highest BCUT2D eigenvalue weighted by Gasteiger charge is 2.43. The van der Waals surface area contributed by atoms with Crippen molar-refractivity contribution in [1.29, 1.82) is 0 Å². The number of nitrogens with one attached hydrogen (secondary N) is 1. The van der Waals surface area contributed by atoms with Gasteiger partial charge in [0.1, 0.15) is 11.4 Å². The summed E-state index contributed by atoms with van der Waals surface area (Å²) in [4.78, 5) is 6.98. The molecule has 0 aliphatic carbocycles. The Morgan fingerprint density at radius 2 is 2.37 bits per heavy atom. The van der Waals surface area contributed by atoms with Crippen molar-refractivity contribution in [1.82, 2.24) is 9.88 Å². The summed E-state index contributed by atoms with van der Waals surface area (Å²) in [6.45, 7) is 7.47. The molecule has 1 N–H and O–H groups in total. The van der Waals surface area contributed by atoms with Crippen molar-refractivity contribution < 1.29 is 13.9 Å². The molecule has 5 nitrogen and oxygen atoms in total. The van der Waals surface area contributed by atoms with E-state index in [-0.39, 0.29) is 11.4 Å². The van der Waals surface area contributed by atoms with Crippen LogP contribution in [0.15, 0.2) is 29.6 Å². The van der Waals surface area contributed by atoms with Crippen molar-refractivity contribution in [2.75, 3.05) is 44.8 Å². The number of halogens is 1. The van der Waals surface area contributed by atoms with E-state index in [9.17, 15) is 4.39 Å². The molecule has 2 atom stereocenters. The lowest BCUT2D eigenvalue weighted by Crippen LogP contribution is -2.44. The summed E-state index contributed by atoms with van der Waals surface area (Å²) < 4.78 is 25.5. The number of ether oxygens (including phenoxy) is 2. The van der Waals surface area contributed by atoms with Gasteiger partial charge in [-0.3, -0.25) is 4.90 Å². The Morgan fingerprint density at radius 3 is 3.19 bits per heavy atom. The number of anilines is 1. The fraction of sp³-hybridized carbons (Fsp3) is 0.550. The lowest BCUT2D eigenvalue weighted by Gasteiger charge is -2.30. The van der Waals surface area contributed by atoms with Crippen LogP contribution in [0.3, 0.4) is 0 Å². The van der Waals surface area contributed by atoms with Crippen LogP contribution < -0.4 is 5.32 Å². The Hall–Kier alpha value is -1.54. The molecule has 2 aliphatic heterocycles. The van der Waals surface area contributed by atoms with Crippen molar-refractivity contribution in [2.45, 2.75) is 25.5 Å². The predicted octanol–water partition coefficient (Wildman–Crippen LogP) is 3.31. The molecule has 2 saturated heterocycles. The first kappa shape index (κ1) is 18.8. The average molecular weight is 392 g/mol. The third-order valence-electron chi connectivity index (χ3n) is 5.19. The van der Waals surface area contributed by atoms with E-state index in [1.165, 1.54) is 12.1 Å². The molecule has 146 valence electrons. The van der Waals surface area contributed by atoms with E-state index in [0.29, 0.717) is 19.1 Å². The summed E-state index contributed by atoms with van der Waals surface area (Å²) in [6.07, 6.45) is 0.946. The SMILES string of the molecule is Cc1nc(CN2CCOC[C@@]3(C[C@H](CNc4cccc(F)c4)CO3)C2)cs1. The predicted molar refractivity (Wildman–Crippen MR) is 105 cm³/mol. The number of aromatic nitrogens is 1. The monoisotopic (exact) mass is 391 g/mol. The van der Waals surface area contributed by atoms with E-state index in [4.69, 9.17) is 9.47 Å². The molecule has 1 spiro atoms. The molecule has 1 aromatic heterocycles. The molecule has 0 amide bonds. The van der Waals surface area contributed by atoms with Gasteiger partial charge in [-0.2, -0.15) is 0 Å². The molecule has 2 fully saturated rings. The highest BCUT2D eigenvalue weighted by molar-refractivity contribution is 7.09. The Kier molecular flexibility index (Phi) is 5.73. The normalized spacial score (nSPS) is 26.4. The van der Waals surface area contributed by atoms with Crippen molar-refractivity contribution >= 4 is 17.0 Å². The summed E-state index contributed by atoms with van der Waals surface area (Å²) in [5.74, 6) is 0.169. The molecule has 2 aromatic rings. The summed E-state index contributed by atoms with van der Waals surface area (Å²) in [6, 6.07) is 6.60.